The predicted molar refractivity (Wildman–Crippen MR) is 71.6 cm³/mol. The Morgan fingerprint density at radius 2 is 1.81 bits per heavy atom. The zero-order valence-electron chi connectivity index (χ0n) is 11.9. The van der Waals surface area contributed by atoms with Crippen LogP contribution in [0.15, 0.2) is 0 Å². The molecule has 16 heavy (non-hydrogen) atoms. The molecule has 0 bridgehead atoms. The maximum Gasteiger partial charge on any atom is 0.0776 e. The van der Waals surface area contributed by atoms with Crippen molar-refractivity contribution in [2.45, 2.75) is 78.4 Å². The van der Waals surface area contributed by atoms with Crippen LogP contribution in [-0.2, 0) is 4.74 Å². The summed E-state index contributed by atoms with van der Waals surface area (Å²) in [4.78, 5) is 0. The van der Waals surface area contributed by atoms with Gasteiger partial charge in [-0.1, -0.05) is 39.5 Å². The Bertz CT molecular complexity index is 168. The van der Waals surface area contributed by atoms with Crippen molar-refractivity contribution in [2.24, 2.45) is 11.7 Å². The first-order valence-electron chi connectivity index (χ1n) is 6.87. The van der Waals surface area contributed by atoms with E-state index in [0.29, 0.717) is 0 Å². The van der Waals surface area contributed by atoms with Crippen LogP contribution >= 0.6 is 0 Å². The molecule has 0 rings (SSSR count). The van der Waals surface area contributed by atoms with Gasteiger partial charge in [0.15, 0.2) is 0 Å². The van der Waals surface area contributed by atoms with Crippen LogP contribution < -0.4 is 5.73 Å². The lowest BCUT2D eigenvalue weighted by atomic mass is 9.86. The molecule has 0 aromatic heterocycles. The Morgan fingerprint density at radius 3 is 2.25 bits per heavy atom. The standard InChI is InChI=1S/C14H31NO/c1-6-9-10-12(7-2)11-13(15)14(4,5)16-8-3/h12-13H,6-11,15H2,1-5H3. The summed E-state index contributed by atoms with van der Waals surface area (Å²) in [5, 5.41) is 0. The van der Waals surface area contributed by atoms with Crippen LogP contribution in [0.3, 0.4) is 0 Å². The van der Waals surface area contributed by atoms with Gasteiger partial charge in [0.25, 0.3) is 0 Å². The Kier molecular flexibility index (Phi) is 8.04. The van der Waals surface area contributed by atoms with Gasteiger partial charge < -0.3 is 10.5 Å². The Labute approximate surface area is 102 Å². The zero-order valence-corrected chi connectivity index (χ0v) is 11.9. The van der Waals surface area contributed by atoms with Crippen LogP contribution in [0.2, 0.25) is 0 Å². The molecule has 0 aromatic rings. The lowest BCUT2D eigenvalue weighted by molar-refractivity contribution is -0.0343. The van der Waals surface area contributed by atoms with Gasteiger partial charge in [0.2, 0.25) is 0 Å². The van der Waals surface area contributed by atoms with Crippen molar-refractivity contribution in [2.75, 3.05) is 6.61 Å². The van der Waals surface area contributed by atoms with Crippen LogP contribution in [0.25, 0.3) is 0 Å². The second kappa shape index (κ2) is 8.08. The van der Waals surface area contributed by atoms with Gasteiger partial charge in [-0.25, -0.2) is 0 Å². The van der Waals surface area contributed by atoms with Crippen LogP contribution in [0.4, 0.5) is 0 Å². The van der Waals surface area contributed by atoms with E-state index in [-0.39, 0.29) is 11.6 Å². The van der Waals surface area contributed by atoms with Crippen molar-refractivity contribution < 1.29 is 4.74 Å². The van der Waals surface area contributed by atoms with Gasteiger partial charge >= 0.3 is 0 Å². The molecule has 0 saturated heterocycles. The van der Waals surface area contributed by atoms with Gasteiger partial charge in [-0.2, -0.15) is 0 Å². The van der Waals surface area contributed by atoms with Crippen molar-refractivity contribution in [1.29, 1.82) is 0 Å². The fourth-order valence-corrected chi connectivity index (χ4v) is 2.10. The molecule has 0 heterocycles. The third kappa shape index (κ3) is 5.86. The molecule has 0 aliphatic heterocycles. The molecule has 0 aliphatic carbocycles. The van der Waals surface area contributed by atoms with E-state index < -0.39 is 0 Å². The van der Waals surface area contributed by atoms with Crippen LogP contribution in [-0.4, -0.2) is 18.2 Å². The van der Waals surface area contributed by atoms with Crippen molar-refractivity contribution in [3.8, 4) is 0 Å². The molecule has 0 aromatic carbocycles. The molecule has 2 atom stereocenters. The molecule has 0 saturated carbocycles. The average Bonchev–Trinajstić information content (AvgIpc) is 2.23. The Morgan fingerprint density at radius 1 is 1.19 bits per heavy atom. The predicted octanol–water partition coefficient (Wildman–Crippen LogP) is 3.74. The second-order valence-electron chi connectivity index (χ2n) is 5.30. The number of nitrogens with two attached hydrogens (primary N) is 1. The fourth-order valence-electron chi connectivity index (χ4n) is 2.10. The third-order valence-corrected chi connectivity index (χ3v) is 3.54. The minimum Gasteiger partial charge on any atom is -0.374 e. The van der Waals surface area contributed by atoms with Crippen molar-refractivity contribution in [3.05, 3.63) is 0 Å². The van der Waals surface area contributed by atoms with Crippen molar-refractivity contribution in [1.82, 2.24) is 0 Å². The lowest BCUT2D eigenvalue weighted by Crippen LogP contribution is -2.46. The maximum absolute atomic E-state index is 6.26. The molecule has 0 spiro atoms. The molecule has 2 N–H and O–H groups in total. The highest BCUT2D eigenvalue weighted by Crippen LogP contribution is 2.24. The quantitative estimate of drug-likeness (QED) is 0.654. The van der Waals surface area contributed by atoms with Crippen LogP contribution in [0, 0.1) is 5.92 Å². The van der Waals surface area contributed by atoms with E-state index in [2.05, 4.69) is 27.7 Å². The molecule has 98 valence electrons. The molecule has 0 radical (unpaired) electrons. The number of hydrogen-bond acceptors (Lipinski definition) is 2. The van der Waals surface area contributed by atoms with E-state index in [1.165, 1.54) is 25.7 Å². The van der Waals surface area contributed by atoms with E-state index in [1.54, 1.807) is 0 Å². The Hall–Kier alpha value is -0.0800. The summed E-state index contributed by atoms with van der Waals surface area (Å²) >= 11 is 0. The van der Waals surface area contributed by atoms with E-state index in [9.17, 15) is 0 Å². The summed E-state index contributed by atoms with van der Waals surface area (Å²) in [5.74, 6) is 0.759. The van der Waals surface area contributed by atoms with E-state index >= 15 is 0 Å². The first-order chi connectivity index (χ1) is 7.47. The fraction of sp³-hybridized carbons (Fsp3) is 1.00. The summed E-state index contributed by atoms with van der Waals surface area (Å²) < 4.78 is 5.72. The average molecular weight is 229 g/mol. The third-order valence-electron chi connectivity index (χ3n) is 3.54. The van der Waals surface area contributed by atoms with Crippen LogP contribution in [0.5, 0.6) is 0 Å². The summed E-state index contributed by atoms with van der Waals surface area (Å²) in [7, 11) is 0. The minimum atomic E-state index is -0.186. The van der Waals surface area contributed by atoms with Crippen LogP contribution in [0.1, 0.15) is 66.7 Å². The number of hydrogen-bond donors (Lipinski definition) is 1. The highest BCUT2D eigenvalue weighted by Gasteiger charge is 2.28. The minimum absolute atomic E-state index is 0.147. The summed E-state index contributed by atoms with van der Waals surface area (Å²) in [5.41, 5.74) is 6.07. The van der Waals surface area contributed by atoms with Gasteiger partial charge in [0.05, 0.1) is 5.60 Å². The molecule has 0 fully saturated rings. The molecule has 0 aliphatic rings. The van der Waals surface area contributed by atoms with Gasteiger partial charge in [-0.3, -0.25) is 0 Å². The summed E-state index contributed by atoms with van der Waals surface area (Å²) in [6.07, 6.45) is 6.23. The number of unbranched alkanes of at least 4 members (excludes halogenated alkanes) is 1. The van der Waals surface area contributed by atoms with E-state index in [1.807, 2.05) is 6.92 Å². The highest BCUT2D eigenvalue weighted by molar-refractivity contribution is 4.84. The van der Waals surface area contributed by atoms with E-state index in [4.69, 9.17) is 10.5 Å². The van der Waals surface area contributed by atoms with Crippen molar-refractivity contribution >= 4 is 0 Å². The zero-order chi connectivity index (χ0) is 12.6. The number of ether oxygens (including phenoxy) is 1. The first-order valence-corrected chi connectivity index (χ1v) is 6.87. The summed E-state index contributed by atoms with van der Waals surface area (Å²) in [6, 6.07) is 0.147. The molecular formula is C14H31NO. The van der Waals surface area contributed by atoms with E-state index in [0.717, 1.165) is 18.9 Å². The maximum atomic E-state index is 6.26. The van der Waals surface area contributed by atoms with Gasteiger partial charge in [-0.15, -0.1) is 0 Å². The molecule has 2 nitrogen and oxygen atoms in total. The molecule has 0 amide bonds. The highest BCUT2D eigenvalue weighted by atomic mass is 16.5. The van der Waals surface area contributed by atoms with Gasteiger partial charge in [-0.05, 0) is 33.1 Å². The smallest absolute Gasteiger partial charge is 0.0776 e. The summed E-state index contributed by atoms with van der Waals surface area (Å²) in [6.45, 7) is 11.5. The first kappa shape index (κ1) is 15.9. The van der Waals surface area contributed by atoms with Gasteiger partial charge in [0, 0.05) is 12.6 Å². The molecule has 2 heteroatoms. The number of rotatable bonds is 9. The van der Waals surface area contributed by atoms with Gasteiger partial charge in [0.1, 0.15) is 0 Å². The topological polar surface area (TPSA) is 35.2 Å². The second-order valence-corrected chi connectivity index (χ2v) is 5.30. The normalized spacial score (nSPS) is 16.1. The molecular weight excluding hydrogens is 198 g/mol. The Balaban J connectivity index is 4.11. The molecule has 2 unspecified atom stereocenters. The SMILES string of the molecule is CCCCC(CC)CC(N)C(C)(C)OCC. The largest absolute Gasteiger partial charge is 0.374 e. The lowest BCUT2D eigenvalue weighted by Gasteiger charge is -2.33. The monoisotopic (exact) mass is 229 g/mol. The van der Waals surface area contributed by atoms with Crippen molar-refractivity contribution in [3.63, 3.8) is 0 Å².